The van der Waals surface area contributed by atoms with Crippen LogP contribution >= 0.6 is 0 Å². The van der Waals surface area contributed by atoms with Crippen LogP contribution in [-0.4, -0.2) is 59.3 Å². The average Bonchev–Trinajstić information content (AvgIpc) is 2.92. The molecular formula is C23H27N5O3. The molecule has 162 valence electrons. The Kier molecular flexibility index (Phi) is 5.08. The Balaban J connectivity index is 1.37. The van der Waals surface area contributed by atoms with Crippen LogP contribution in [0.2, 0.25) is 0 Å². The van der Waals surface area contributed by atoms with Crippen molar-refractivity contribution >= 4 is 40.4 Å². The van der Waals surface area contributed by atoms with Crippen molar-refractivity contribution in [2.24, 2.45) is 11.8 Å². The molecular weight excluding hydrogens is 394 g/mol. The maximum absolute atomic E-state index is 13.2. The summed E-state index contributed by atoms with van der Waals surface area (Å²) in [5.41, 5.74) is 1.53. The van der Waals surface area contributed by atoms with Gasteiger partial charge in [0.15, 0.2) is 11.6 Å². The second kappa shape index (κ2) is 7.90. The van der Waals surface area contributed by atoms with Gasteiger partial charge in [0.05, 0.1) is 22.9 Å². The van der Waals surface area contributed by atoms with Crippen molar-refractivity contribution < 1.29 is 14.4 Å². The van der Waals surface area contributed by atoms with E-state index in [0.29, 0.717) is 18.2 Å². The largest absolute Gasteiger partial charge is 0.357 e. The fourth-order valence-corrected chi connectivity index (χ4v) is 5.13. The number of likely N-dealkylation sites (tertiary alicyclic amines) is 1. The monoisotopic (exact) mass is 421 g/mol. The summed E-state index contributed by atoms with van der Waals surface area (Å²) >= 11 is 0. The molecule has 3 heterocycles. The first-order chi connectivity index (χ1) is 15.0. The van der Waals surface area contributed by atoms with Crippen LogP contribution in [0.5, 0.6) is 0 Å². The molecule has 1 aromatic heterocycles. The number of carbonyl (C=O) groups excluding carboxylic acids is 3. The molecule has 2 atom stereocenters. The zero-order valence-corrected chi connectivity index (χ0v) is 17.8. The number of imide groups is 1. The van der Waals surface area contributed by atoms with Crippen molar-refractivity contribution in [1.29, 1.82) is 0 Å². The summed E-state index contributed by atoms with van der Waals surface area (Å²) in [6.07, 6.45) is 4.47. The van der Waals surface area contributed by atoms with Crippen LogP contribution in [0.15, 0.2) is 24.3 Å². The van der Waals surface area contributed by atoms with Gasteiger partial charge in [0.2, 0.25) is 17.7 Å². The van der Waals surface area contributed by atoms with Crippen LogP contribution in [0.25, 0.3) is 11.0 Å². The lowest BCUT2D eigenvalue weighted by molar-refractivity contribution is -0.140. The number of aromatic nitrogens is 2. The molecule has 0 spiro atoms. The van der Waals surface area contributed by atoms with Gasteiger partial charge in [0.1, 0.15) is 0 Å². The number of para-hydroxylation sites is 2. The fourth-order valence-electron chi connectivity index (χ4n) is 5.13. The molecule has 0 N–H and O–H groups in total. The zero-order valence-electron chi connectivity index (χ0n) is 17.8. The van der Waals surface area contributed by atoms with Crippen LogP contribution in [-0.2, 0) is 14.4 Å². The SMILES string of the molecule is CN1CCCN(C(=O)CCN2C(=O)[C@H]3CCCC[C@H]3C2=O)c2nc3ccccc3nc21. The zero-order chi connectivity index (χ0) is 21.5. The van der Waals surface area contributed by atoms with E-state index < -0.39 is 0 Å². The third-order valence-electron chi connectivity index (χ3n) is 6.81. The van der Waals surface area contributed by atoms with Crippen LogP contribution in [0.4, 0.5) is 11.6 Å². The van der Waals surface area contributed by atoms with E-state index in [4.69, 9.17) is 9.97 Å². The Labute approximate surface area is 181 Å². The minimum atomic E-state index is -0.179. The first kappa shape index (κ1) is 19.9. The molecule has 0 unspecified atom stereocenters. The van der Waals surface area contributed by atoms with Crippen molar-refractivity contribution in [3.05, 3.63) is 24.3 Å². The molecule has 5 rings (SSSR count). The molecule has 1 aliphatic carbocycles. The normalized spacial score (nSPS) is 23.7. The third-order valence-corrected chi connectivity index (χ3v) is 6.81. The topological polar surface area (TPSA) is 86.7 Å². The van der Waals surface area contributed by atoms with Crippen LogP contribution in [0, 0.1) is 11.8 Å². The summed E-state index contributed by atoms with van der Waals surface area (Å²) in [6.45, 7) is 1.46. The Morgan fingerprint density at radius 3 is 2.19 bits per heavy atom. The highest BCUT2D eigenvalue weighted by atomic mass is 16.2. The van der Waals surface area contributed by atoms with E-state index in [1.54, 1.807) is 4.90 Å². The predicted molar refractivity (Wildman–Crippen MR) is 117 cm³/mol. The number of hydrogen-bond acceptors (Lipinski definition) is 6. The first-order valence-corrected chi connectivity index (χ1v) is 11.2. The lowest BCUT2D eigenvalue weighted by atomic mass is 9.81. The summed E-state index contributed by atoms with van der Waals surface area (Å²) in [4.78, 5) is 53.2. The van der Waals surface area contributed by atoms with E-state index in [-0.39, 0.29) is 42.5 Å². The van der Waals surface area contributed by atoms with Crippen molar-refractivity contribution in [2.45, 2.75) is 38.5 Å². The number of benzene rings is 1. The number of hydrogen-bond donors (Lipinski definition) is 0. The molecule has 2 fully saturated rings. The molecule has 2 aliphatic heterocycles. The van der Waals surface area contributed by atoms with Crippen molar-refractivity contribution in [3.8, 4) is 0 Å². The summed E-state index contributed by atoms with van der Waals surface area (Å²) in [7, 11) is 1.96. The average molecular weight is 422 g/mol. The number of amides is 3. The maximum atomic E-state index is 13.2. The van der Waals surface area contributed by atoms with Crippen molar-refractivity contribution in [1.82, 2.24) is 14.9 Å². The van der Waals surface area contributed by atoms with Gasteiger partial charge in [-0.15, -0.1) is 0 Å². The summed E-state index contributed by atoms with van der Waals surface area (Å²) < 4.78 is 0. The molecule has 1 saturated carbocycles. The maximum Gasteiger partial charge on any atom is 0.233 e. The molecule has 1 aromatic carbocycles. The molecule has 0 bridgehead atoms. The van der Waals surface area contributed by atoms with Gasteiger partial charge < -0.3 is 4.90 Å². The Bertz CT molecular complexity index is 1030. The molecule has 1 saturated heterocycles. The first-order valence-electron chi connectivity index (χ1n) is 11.2. The second-order valence-corrected chi connectivity index (χ2v) is 8.76. The fraction of sp³-hybridized carbons (Fsp3) is 0.522. The Morgan fingerprint density at radius 2 is 1.55 bits per heavy atom. The Hall–Kier alpha value is -3.03. The molecule has 2 aromatic rings. The highest BCUT2D eigenvalue weighted by Crippen LogP contribution is 2.38. The second-order valence-electron chi connectivity index (χ2n) is 8.76. The van der Waals surface area contributed by atoms with Crippen LogP contribution in [0.3, 0.4) is 0 Å². The van der Waals surface area contributed by atoms with Gasteiger partial charge in [-0.2, -0.15) is 0 Å². The minimum Gasteiger partial charge on any atom is -0.357 e. The van der Waals surface area contributed by atoms with E-state index in [9.17, 15) is 14.4 Å². The van der Waals surface area contributed by atoms with Gasteiger partial charge in [-0.05, 0) is 31.4 Å². The Morgan fingerprint density at radius 1 is 0.935 bits per heavy atom. The van der Waals surface area contributed by atoms with Crippen LogP contribution < -0.4 is 9.80 Å². The highest BCUT2D eigenvalue weighted by molar-refractivity contribution is 6.06. The van der Waals surface area contributed by atoms with E-state index >= 15 is 0 Å². The highest BCUT2D eigenvalue weighted by Gasteiger charge is 2.48. The van der Waals surface area contributed by atoms with Gasteiger partial charge in [0, 0.05) is 33.1 Å². The lowest BCUT2D eigenvalue weighted by Gasteiger charge is -2.23. The standard InChI is InChI=1S/C23H27N5O3/c1-26-12-6-13-27(21-20(26)24-17-9-4-5-10-18(17)25-21)19(29)11-14-28-22(30)15-7-2-3-8-16(15)23(28)31/h4-5,9-10,15-16H,2-3,6-8,11-14H2,1H3/t15-,16+. The molecule has 31 heavy (non-hydrogen) atoms. The van der Waals surface area contributed by atoms with Gasteiger partial charge in [-0.25, -0.2) is 9.97 Å². The van der Waals surface area contributed by atoms with E-state index in [1.807, 2.05) is 36.2 Å². The van der Waals surface area contributed by atoms with Crippen molar-refractivity contribution in [3.63, 3.8) is 0 Å². The quantitative estimate of drug-likeness (QED) is 0.707. The van der Waals surface area contributed by atoms with E-state index in [0.717, 1.165) is 49.7 Å². The van der Waals surface area contributed by atoms with Gasteiger partial charge in [-0.1, -0.05) is 25.0 Å². The van der Waals surface area contributed by atoms with Crippen molar-refractivity contribution in [2.75, 3.05) is 36.5 Å². The number of nitrogens with zero attached hydrogens (tertiary/aromatic N) is 5. The molecule has 3 amide bonds. The number of carbonyl (C=O) groups is 3. The predicted octanol–water partition coefficient (Wildman–Crippen LogP) is 2.37. The van der Waals surface area contributed by atoms with E-state index in [1.165, 1.54) is 4.90 Å². The smallest absolute Gasteiger partial charge is 0.233 e. The van der Waals surface area contributed by atoms with Crippen LogP contribution in [0.1, 0.15) is 38.5 Å². The van der Waals surface area contributed by atoms with Gasteiger partial charge >= 0.3 is 0 Å². The van der Waals surface area contributed by atoms with Gasteiger partial charge in [0.25, 0.3) is 0 Å². The van der Waals surface area contributed by atoms with E-state index in [2.05, 4.69) is 0 Å². The van der Waals surface area contributed by atoms with Gasteiger partial charge in [-0.3, -0.25) is 24.2 Å². The minimum absolute atomic E-state index is 0.0933. The lowest BCUT2D eigenvalue weighted by Crippen LogP contribution is -2.38. The number of fused-ring (bicyclic) bond motifs is 3. The molecule has 3 aliphatic rings. The summed E-state index contributed by atoms with van der Waals surface area (Å²) in [5.74, 6) is 0.563. The summed E-state index contributed by atoms with van der Waals surface area (Å²) in [6, 6.07) is 7.63. The third kappa shape index (κ3) is 3.43. The molecule has 8 heteroatoms. The summed E-state index contributed by atoms with van der Waals surface area (Å²) in [5, 5.41) is 0. The molecule has 8 nitrogen and oxygen atoms in total. The molecule has 0 radical (unpaired) electrons. The number of anilines is 2. The number of rotatable bonds is 3.